The Kier molecular flexibility index (Phi) is 13.8. The number of nitrogens with zero attached hydrogens (tertiary/aromatic N) is 6. The number of benzene rings is 15. The van der Waals surface area contributed by atoms with Crippen LogP contribution in [0.15, 0.2) is 315 Å². The fourth-order valence-electron chi connectivity index (χ4n) is 15.5. The van der Waals surface area contributed by atoms with Crippen molar-refractivity contribution in [2.45, 2.75) is 38.5 Å². The van der Waals surface area contributed by atoms with Gasteiger partial charge in [-0.25, -0.2) is 29.9 Å². The molecular weight excluding hydrogens is 1190 g/mol. The maximum atomic E-state index is 5.21. The van der Waals surface area contributed by atoms with E-state index in [1.165, 1.54) is 93.3 Å². The molecule has 19 rings (SSSR count). The highest BCUT2D eigenvalue weighted by Crippen LogP contribution is 2.53. The van der Waals surface area contributed by atoms with Crippen LogP contribution in [-0.4, -0.2) is 29.9 Å². The Balaban J connectivity index is 0.000000143. The van der Waals surface area contributed by atoms with Crippen molar-refractivity contribution in [1.29, 1.82) is 0 Å². The lowest BCUT2D eigenvalue weighted by molar-refractivity contribution is 0.666. The fraction of sp³-hybridized carbons (Fsp3) is 0.0652. The van der Waals surface area contributed by atoms with Gasteiger partial charge in [-0.15, -0.1) is 0 Å². The molecule has 0 N–H and O–H groups in total. The van der Waals surface area contributed by atoms with E-state index >= 15 is 0 Å². The van der Waals surface area contributed by atoms with Gasteiger partial charge < -0.3 is 0 Å². The Morgan fingerprint density at radius 1 is 0.184 bits per heavy atom. The lowest BCUT2D eigenvalue weighted by Crippen LogP contribution is -2.15. The van der Waals surface area contributed by atoms with Crippen LogP contribution in [0.2, 0.25) is 0 Å². The van der Waals surface area contributed by atoms with Crippen molar-refractivity contribution in [3.63, 3.8) is 0 Å². The van der Waals surface area contributed by atoms with Crippen molar-refractivity contribution in [3.8, 4) is 113 Å². The molecule has 462 valence electrons. The molecule has 0 spiro atoms. The summed E-state index contributed by atoms with van der Waals surface area (Å²) in [6, 6.07) is 112. The maximum absolute atomic E-state index is 5.21. The first-order valence-corrected chi connectivity index (χ1v) is 33.6. The molecule has 0 bridgehead atoms. The van der Waals surface area contributed by atoms with E-state index in [0.717, 1.165) is 60.7 Å². The van der Waals surface area contributed by atoms with Gasteiger partial charge >= 0.3 is 0 Å². The van der Waals surface area contributed by atoms with Crippen molar-refractivity contribution in [2.24, 2.45) is 0 Å². The summed E-state index contributed by atoms with van der Waals surface area (Å²) in [5.41, 5.74) is 21.2. The third kappa shape index (κ3) is 9.94. The van der Waals surface area contributed by atoms with Crippen molar-refractivity contribution < 1.29 is 0 Å². The van der Waals surface area contributed by atoms with E-state index in [1.54, 1.807) is 0 Å². The summed E-state index contributed by atoms with van der Waals surface area (Å²) in [4.78, 5) is 30.3. The second-order valence-electron chi connectivity index (χ2n) is 26.9. The van der Waals surface area contributed by atoms with Gasteiger partial charge in [-0.05, 0) is 151 Å². The van der Waals surface area contributed by atoms with Crippen LogP contribution in [0.5, 0.6) is 0 Å². The molecule has 2 aromatic heterocycles. The zero-order valence-corrected chi connectivity index (χ0v) is 54.7. The third-order valence-electron chi connectivity index (χ3n) is 20.4. The molecule has 2 aliphatic rings. The molecule has 0 saturated carbocycles. The average molecular weight is 1250 g/mol. The molecule has 0 unspecified atom stereocenters. The molecule has 6 nitrogen and oxygen atoms in total. The highest BCUT2D eigenvalue weighted by Gasteiger charge is 2.38. The van der Waals surface area contributed by atoms with Crippen LogP contribution in [0.4, 0.5) is 0 Å². The summed E-state index contributed by atoms with van der Waals surface area (Å²) in [7, 11) is 0. The molecule has 0 radical (unpaired) electrons. The van der Waals surface area contributed by atoms with E-state index in [-0.39, 0.29) is 10.8 Å². The first-order valence-electron chi connectivity index (χ1n) is 33.6. The number of hydrogen-bond donors (Lipinski definition) is 0. The van der Waals surface area contributed by atoms with Crippen LogP contribution in [0, 0.1) is 0 Å². The highest BCUT2D eigenvalue weighted by atomic mass is 15.0. The Bertz CT molecular complexity index is 6050. The van der Waals surface area contributed by atoms with E-state index in [2.05, 4.69) is 295 Å². The summed E-state index contributed by atoms with van der Waals surface area (Å²) < 4.78 is 0. The number of fused-ring (bicyclic) bond motifs is 14. The molecule has 0 aliphatic heterocycles. The van der Waals surface area contributed by atoms with E-state index < -0.39 is 0 Å². The van der Waals surface area contributed by atoms with Crippen molar-refractivity contribution in [3.05, 3.63) is 338 Å². The van der Waals surface area contributed by atoms with Gasteiger partial charge in [0, 0.05) is 44.2 Å². The van der Waals surface area contributed by atoms with Crippen molar-refractivity contribution in [1.82, 2.24) is 29.9 Å². The van der Waals surface area contributed by atoms with Crippen LogP contribution in [0.3, 0.4) is 0 Å². The molecule has 17 aromatic rings. The minimum Gasteiger partial charge on any atom is -0.208 e. The smallest absolute Gasteiger partial charge is 0.164 e. The largest absolute Gasteiger partial charge is 0.208 e. The Hall–Kier alpha value is -12.4. The molecule has 15 aromatic carbocycles. The Labute approximate surface area is 569 Å². The van der Waals surface area contributed by atoms with Gasteiger partial charge in [0.05, 0.1) is 0 Å². The fourth-order valence-corrected chi connectivity index (χ4v) is 15.5. The average Bonchev–Trinajstić information content (AvgIpc) is 1.56. The summed E-state index contributed by atoms with van der Waals surface area (Å²) in [6.07, 6.45) is 0. The van der Waals surface area contributed by atoms with Gasteiger partial charge in [-0.2, -0.15) is 0 Å². The quantitative estimate of drug-likeness (QED) is 0.141. The van der Waals surface area contributed by atoms with E-state index in [0.29, 0.717) is 34.9 Å². The summed E-state index contributed by atoms with van der Waals surface area (Å²) in [6.45, 7) is 9.41. The van der Waals surface area contributed by atoms with Gasteiger partial charge in [-0.1, -0.05) is 313 Å². The summed E-state index contributed by atoms with van der Waals surface area (Å²) >= 11 is 0. The zero-order valence-electron chi connectivity index (χ0n) is 54.7. The molecule has 2 heterocycles. The number of rotatable bonds is 8. The minimum atomic E-state index is -0.0893. The molecule has 0 fully saturated rings. The first kappa shape index (κ1) is 58.2. The van der Waals surface area contributed by atoms with E-state index in [9.17, 15) is 0 Å². The van der Waals surface area contributed by atoms with Gasteiger partial charge in [0.2, 0.25) is 0 Å². The Morgan fingerprint density at radius 3 is 1.13 bits per heavy atom. The lowest BCUT2D eigenvalue weighted by atomic mass is 9.80. The molecule has 0 saturated heterocycles. The van der Waals surface area contributed by atoms with Gasteiger partial charge in [0.25, 0.3) is 0 Å². The molecular formula is C92H64N6. The molecule has 2 aliphatic carbocycles. The second-order valence-corrected chi connectivity index (χ2v) is 26.9. The standard InChI is InChI=1S/C48H33N3.C44H31N3/c1-48(2)43-22-11-10-21-39(43)40-26-25-30-23-24-33(28-41(30)44(40)48)32-16-12-17-35(27-32)46-49-45(31-13-4-3-5-14-31)50-47(51-46)42-29-34-15-6-7-18-36(34)37-19-8-9-20-38(37)42;1-44(2)39-15-9-8-14-36(39)37-25-24-30-19-22-34(27-38(30)40(37)44)29-16-20-32(21-17-29)42-45-41(31-11-4-3-5-12-31)46-43(47-42)35-23-18-28-10-6-7-13-33(28)26-35/h3-29H,1-2H3;3-27H,1-2H3. The predicted octanol–water partition coefficient (Wildman–Crippen LogP) is 23.5. The number of aromatic nitrogens is 6. The van der Waals surface area contributed by atoms with E-state index in [1.807, 2.05) is 48.5 Å². The zero-order chi connectivity index (χ0) is 65.6. The van der Waals surface area contributed by atoms with Crippen LogP contribution in [-0.2, 0) is 10.8 Å². The van der Waals surface area contributed by atoms with Crippen molar-refractivity contribution in [2.75, 3.05) is 0 Å². The Morgan fingerprint density at radius 2 is 0.551 bits per heavy atom. The van der Waals surface area contributed by atoms with Crippen molar-refractivity contribution >= 4 is 53.9 Å². The molecule has 0 atom stereocenters. The minimum absolute atomic E-state index is 0.0637. The van der Waals surface area contributed by atoms with E-state index in [4.69, 9.17) is 29.9 Å². The maximum Gasteiger partial charge on any atom is 0.164 e. The normalized spacial score (nSPS) is 13.1. The highest BCUT2D eigenvalue weighted by molar-refractivity contribution is 6.13. The molecule has 6 heteroatoms. The number of hydrogen-bond acceptors (Lipinski definition) is 6. The van der Waals surface area contributed by atoms with Crippen LogP contribution in [0.25, 0.3) is 167 Å². The third-order valence-corrected chi connectivity index (χ3v) is 20.4. The van der Waals surface area contributed by atoms with Gasteiger partial charge in [0.1, 0.15) is 0 Å². The summed E-state index contributed by atoms with van der Waals surface area (Å²) in [5.74, 6) is 3.95. The topological polar surface area (TPSA) is 77.3 Å². The lowest BCUT2D eigenvalue weighted by Gasteiger charge is -2.23. The summed E-state index contributed by atoms with van der Waals surface area (Å²) in [5, 5.41) is 12.2. The SMILES string of the molecule is CC1(C)c2ccccc2-c2ccc3ccc(-c4ccc(-c5nc(-c6ccccc6)nc(-c6ccc7ccccc7c6)n5)cc4)cc3c21.CC1(C)c2ccccc2-c2ccc3ccc(-c4cccc(-c5nc(-c6ccccc6)nc(-c6cc7ccccc7c7ccccc67)n5)c4)cc3c21. The van der Waals surface area contributed by atoms with Gasteiger partial charge in [0.15, 0.2) is 34.9 Å². The van der Waals surface area contributed by atoms with Crippen LogP contribution in [0.1, 0.15) is 49.9 Å². The predicted molar refractivity (Wildman–Crippen MR) is 406 cm³/mol. The first-order chi connectivity index (χ1) is 48.1. The molecule has 0 amide bonds. The van der Waals surface area contributed by atoms with Crippen LogP contribution >= 0.6 is 0 Å². The van der Waals surface area contributed by atoms with Gasteiger partial charge in [-0.3, -0.25) is 0 Å². The second kappa shape index (κ2) is 23.2. The van der Waals surface area contributed by atoms with Crippen LogP contribution < -0.4 is 0 Å². The monoisotopic (exact) mass is 1250 g/mol. The molecule has 98 heavy (non-hydrogen) atoms.